The van der Waals surface area contributed by atoms with Crippen molar-refractivity contribution in [3.63, 3.8) is 0 Å². The minimum Gasteiger partial charge on any atom is -0.497 e. The number of rotatable bonds is 20. The number of carbonyl (C=O) groups excluding carboxylic acids is 11. The molecule has 11 amide bonds. The van der Waals surface area contributed by atoms with E-state index in [0.717, 1.165) is 21.6 Å². The van der Waals surface area contributed by atoms with Gasteiger partial charge >= 0.3 is 0 Å². The van der Waals surface area contributed by atoms with Crippen LogP contribution >= 0.6 is 21.6 Å². The lowest BCUT2D eigenvalue weighted by atomic mass is 10.0. The Morgan fingerprint density at radius 2 is 1.30 bits per heavy atom. The normalized spacial score (nSPS) is 22.4. The fourth-order valence-corrected chi connectivity index (χ4v) is 10.2. The van der Waals surface area contributed by atoms with Crippen molar-refractivity contribution in [2.45, 2.75) is 106 Å². The predicted octanol–water partition coefficient (Wildman–Crippen LogP) is -5.10. The fraction of sp³-hybridized carbons (Fsp3) is 0.489. The highest BCUT2D eigenvalue weighted by Gasteiger charge is 2.40. The van der Waals surface area contributed by atoms with Crippen LogP contribution in [0.3, 0.4) is 0 Å². The molecular weight excluding hydrogens is 1030 g/mol. The number of carbonyl (C=O) groups is 11. The van der Waals surface area contributed by atoms with Crippen molar-refractivity contribution < 1.29 is 57.5 Å². The van der Waals surface area contributed by atoms with Crippen LogP contribution in [-0.4, -0.2) is 162 Å². The number of amides is 11. The first kappa shape index (κ1) is 60.9. The highest BCUT2D eigenvalue weighted by Crippen LogP contribution is 2.26. The first-order valence-electron chi connectivity index (χ1n) is 24.1. The second kappa shape index (κ2) is 30.6. The molecule has 3 unspecified atom stereocenters. The third-order valence-corrected chi connectivity index (χ3v) is 14.3. The van der Waals surface area contributed by atoms with E-state index in [0.29, 0.717) is 23.3 Å². The van der Waals surface area contributed by atoms with Gasteiger partial charge in [-0.2, -0.15) is 0 Å². The van der Waals surface area contributed by atoms with Gasteiger partial charge in [0.2, 0.25) is 65.0 Å². The molecule has 2 aliphatic rings. The van der Waals surface area contributed by atoms with Gasteiger partial charge in [-0.1, -0.05) is 64.1 Å². The first-order chi connectivity index (χ1) is 36.1. The fourth-order valence-electron chi connectivity index (χ4n) is 7.93. The van der Waals surface area contributed by atoms with E-state index < -0.39 is 139 Å². The number of nitrogens with one attached hydrogen (secondary N) is 7. The molecule has 29 heteroatoms. The van der Waals surface area contributed by atoms with Crippen LogP contribution in [-0.2, 0) is 65.6 Å². The Labute approximate surface area is 445 Å². The van der Waals surface area contributed by atoms with Crippen LogP contribution in [0, 0.1) is 0 Å². The lowest BCUT2D eigenvalue weighted by molar-refractivity contribution is -0.142. The second-order valence-electron chi connectivity index (χ2n) is 17.8. The number of benzene rings is 2. The molecule has 0 aromatic heterocycles. The molecule has 0 bridgehead atoms. The number of ether oxygens (including phenoxy) is 1. The van der Waals surface area contributed by atoms with Crippen molar-refractivity contribution in [2.24, 2.45) is 39.4 Å². The van der Waals surface area contributed by atoms with Gasteiger partial charge < -0.3 is 81.3 Å². The van der Waals surface area contributed by atoms with E-state index in [4.69, 9.17) is 39.1 Å². The number of nitrogens with zero attached hydrogens (tertiary/aromatic N) is 2. The first-order valence-corrected chi connectivity index (χ1v) is 26.6. The van der Waals surface area contributed by atoms with Crippen molar-refractivity contribution in [1.82, 2.24) is 42.1 Å². The van der Waals surface area contributed by atoms with Gasteiger partial charge in [-0.05, 0) is 55.4 Å². The SMILES string of the molecule is COc1ccc(CC2NC(=O)[C@@H](N)CSSCC(C(=O)N3CCC[C@H]3C(=O)N[C@@H](CCCN=C(N)N)C(=O)NCC(N)=O)NC(=O)[C@H](CC(N)=O)NC(=O)[C@H](CCC(N)=O)NC(=O)C(Cc3ccccc3)NC2=O)cc1. The lowest BCUT2D eigenvalue weighted by Crippen LogP contribution is -2.61. The number of primary amides is 3. The minimum absolute atomic E-state index is 0.00528. The summed E-state index contributed by atoms with van der Waals surface area (Å²) < 4.78 is 5.27. The number of nitrogens with two attached hydrogens (primary N) is 6. The second-order valence-corrected chi connectivity index (χ2v) is 20.3. The van der Waals surface area contributed by atoms with Crippen molar-refractivity contribution in [3.05, 3.63) is 65.7 Å². The van der Waals surface area contributed by atoms with Gasteiger partial charge in [-0.15, -0.1) is 0 Å². The highest BCUT2D eigenvalue weighted by molar-refractivity contribution is 8.76. The molecular formula is C47H67N15O12S2. The third-order valence-electron chi connectivity index (χ3n) is 11.9. The van der Waals surface area contributed by atoms with Gasteiger partial charge in [0.15, 0.2) is 5.96 Å². The Morgan fingerprint density at radius 1 is 0.724 bits per heavy atom. The zero-order chi connectivity index (χ0) is 55.9. The Morgan fingerprint density at radius 3 is 1.91 bits per heavy atom. The van der Waals surface area contributed by atoms with Crippen LogP contribution in [0.25, 0.3) is 0 Å². The quantitative estimate of drug-likeness (QED) is 0.0255. The van der Waals surface area contributed by atoms with Gasteiger partial charge in [0.05, 0.1) is 26.1 Å². The number of aliphatic imine (C=N–C) groups is 1. The zero-order valence-corrected chi connectivity index (χ0v) is 43.4. The van der Waals surface area contributed by atoms with E-state index in [2.05, 4.69) is 42.2 Å². The molecule has 414 valence electrons. The summed E-state index contributed by atoms with van der Waals surface area (Å²) in [6, 6.07) is 3.85. The van der Waals surface area contributed by atoms with E-state index in [1.165, 1.54) is 12.0 Å². The molecule has 0 saturated carbocycles. The molecule has 2 aromatic rings. The Hall–Kier alpha value is -7.66. The Bertz CT molecular complexity index is 2430. The number of methoxy groups -OCH3 is 1. The van der Waals surface area contributed by atoms with E-state index >= 15 is 0 Å². The van der Waals surface area contributed by atoms with Gasteiger partial charge in [0.25, 0.3) is 0 Å². The number of likely N-dealkylation sites (tertiary alicyclic amines) is 1. The van der Waals surface area contributed by atoms with E-state index in [9.17, 15) is 52.7 Å². The number of hydrogen-bond donors (Lipinski definition) is 13. The van der Waals surface area contributed by atoms with Crippen LogP contribution in [0.5, 0.6) is 5.75 Å². The maximum atomic E-state index is 14.6. The Balaban J connectivity index is 1.71. The molecule has 2 heterocycles. The molecule has 19 N–H and O–H groups in total. The molecule has 0 radical (unpaired) electrons. The molecule has 4 rings (SSSR count). The molecule has 0 aliphatic carbocycles. The molecule has 2 saturated heterocycles. The van der Waals surface area contributed by atoms with Crippen molar-refractivity contribution >= 4 is 92.5 Å². The van der Waals surface area contributed by atoms with Crippen LogP contribution in [0.1, 0.15) is 56.1 Å². The van der Waals surface area contributed by atoms with Gasteiger partial charge in [0.1, 0.15) is 48.0 Å². The third kappa shape index (κ3) is 20.2. The summed E-state index contributed by atoms with van der Waals surface area (Å²) >= 11 is 0. The summed E-state index contributed by atoms with van der Waals surface area (Å²) in [5.74, 6) is -9.76. The largest absolute Gasteiger partial charge is 0.497 e. The van der Waals surface area contributed by atoms with E-state index in [1.54, 1.807) is 54.6 Å². The molecule has 8 atom stereocenters. The average molecular weight is 1100 g/mol. The summed E-state index contributed by atoms with van der Waals surface area (Å²) in [7, 11) is 3.50. The van der Waals surface area contributed by atoms with Crippen LogP contribution in [0.4, 0.5) is 0 Å². The van der Waals surface area contributed by atoms with E-state index in [-0.39, 0.29) is 62.7 Å². The van der Waals surface area contributed by atoms with Crippen LogP contribution in [0.15, 0.2) is 59.6 Å². The van der Waals surface area contributed by atoms with E-state index in [1.807, 2.05) is 0 Å². The summed E-state index contributed by atoms with van der Waals surface area (Å²) in [5.41, 5.74) is 34.6. The topological polar surface area (TPSA) is 453 Å². The van der Waals surface area contributed by atoms with Crippen molar-refractivity contribution in [3.8, 4) is 5.75 Å². The summed E-state index contributed by atoms with van der Waals surface area (Å²) in [6.07, 6.45) is -1.26. The molecule has 2 aliphatic heterocycles. The summed E-state index contributed by atoms with van der Waals surface area (Å²) in [6.45, 7) is -0.429. The zero-order valence-electron chi connectivity index (χ0n) is 41.8. The monoisotopic (exact) mass is 1100 g/mol. The lowest BCUT2D eigenvalue weighted by Gasteiger charge is -2.31. The van der Waals surface area contributed by atoms with Gasteiger partial charge in [0, 0.05) is 43.9 Å². The predicted molar refractivity (Wildman–Crippen MR) is 280 cm³/mol. The van der Waals surface area contributed by atoms with Crippen LogP contribution < -0.4 is 76.4 Å². The standard InChI is InChI=1S/C47H67N15O12S2/c1-74-27-13-11-26(12-14-27)20-31-43(70)59-32(19-25-7-3-2-4-8-25)42(69)56-30(15-16-36(49)63)41(68)60-33(21-37(50)64)44(71)61-34(24-76-75-23-28(48)39(66)58-31)46(73)62-18-6-10-35(62)45(72)57-29(9-5-17-54-47(52)53)40(67)55-22-38(51)65/h2-4,7-8,11-14,28-35H,5-6,9-10,15-24,48H2,1H3,(H2,49,63)(H2,50,64)(H2,51,65)(H,55,67)(H,56,69)(H,57,72)(H,58,66)(H,59,70)(H,60,68)(H,61,71)(H4,52,53,54)/t28-,29-,30-,31?,32?,33-,34?,35-/m0/s1. The smallest absolute Gasteiger partial charge is 0.246 e. The van der Waals surface area contributed by atoms with Crippen molar-refractivity contribution in [2.75, 3.05) is 38.2 Å². The molecule has 27 nitrogen and oxygen atoms in total. The molecule has 2 fully saturated rings. The minimum atomic E-state index is -1.79. The molecule has 0 spiro atoms. The van der Waals surface area contributed by atoms with Crippen molar-refractivity contribution in [1.29, 1.82) is 0 Å². The molecule has 2 aromatic carbocycles. The van der Waals surface area contributed by atoms with Gasteiger partial charge in [-0.3, -0.25) is 57.7 Å². The summed E-state index contributed by atoms with van der Waals surface area (Å²) in [5, 5.41) is 17.9. The maximum absolute atomic E-state index is 14.6. The molecule has 76 heavy (non-hydrogen) atoms. The Kier molecular flexibility index (Phi) is 24.6. The highest BCUT2D eigenvalue weighted by atomic mass is 33.1. The average Bonchev–Trinajstić information content (AvgIpc) is 3.88. The number of hydrogen-bond acceptors (Lipinski definition) is 16. The van der Waals surface area contributed by atoms with Crippen LogP contribution in [0.2, 0.25) is 0 Å². The summed E-state index contributed by atoms with van der Waals surface area (Å²) in [4.78, 5) is 154. The van der Waals surface area contributed by atoms with Gasteiger partial charge in [-0.25, -0.2) is 0 Å². The number of guanidine groups is 1. The maximum Gasteiger partial charge on any atom is 0.246 e.